The van der Waals surface area contributed by atoms with Crippen LogP contribution in [0.2, 0.25) is 0 Å². The summed E-state index contributed by atoms with van der Waals surface area (Å²) in [6, 6.07) is 6.73. The molecule has 3 aliphatic rings. The molecule has 2 amide bonds. The van der Waals surface area contributed by atoms with Crippen LogP contribution in [0.4, 0.5) is 5.69 Å². The third-order valence-corrected chi connectivity index (χ3v) is 7.45. The van der Waals surface area contributed by atoms with Gasteiger partial charge in [-0.3, -0.25) is 13.9 Å². The first-order chi connectivity index (χ1) is 13.5. The normalized spacial score (nSPS) is 24.6. The van der Waals surface area contributed by atoms with Gasteiger partial charge in [-0.2, -0.15) is 0 Å². The number of ether oxygens (including phenoxy) is 1. The Balaban J connectivity index is 1.35. The van der Waals surface area contributed by atoms with Gasteiger partial charge in [0.05, 0.1) is 11.4 Å². The Morgan fingerprint density at radius 1 is 0.929 bits per heavy atom. The van der Waals surface area contributed by atoms with Crippen molar-refractivity contribution >= 4 is 27.5 Å². The molecule has 8 nitrogen and oxygen atoms in total. The molecule has 4 rings (SSSR count). The molecule has 3 fully saturated rings. The summed E-state index contributed by atoms with van der Waals surface area (Å²) in [4.78, 5) is 28.7. The SMILES string of the molecule is O=C(c1ccc(N2CCCS2(=O)=O)cc1)N1CCN(C(=O)C2CCCO2)CC1. The van der Waals surface area contributed by atoms with E-state index < -0.39 is 10.0 Å². The highest BCUT2D eigenvalue weighted by Crippen LogP contribution is 2.24. The van der Waals surface area contributed by atoms with Crippen molar-refractivity contribution in [3.63, 3.8) is 0 Å². The minimum atomic E-state index is -3.22. The molecule has 1 aromatic rings. The average Bonchev–Trinajstić information content (AvgIpc) is 3.36. The van der Waals surface area contributed by atoms with Gasteiger partial charge in [0.2, 0.25) is 10.0 Å². The fraction of sp³-hybridized carbons (Fsp3) is 0.579. The molecule has 1 atom stereocenters. The molecule has 0 N–H and O–H groups in total. The summed E-state index contributed by atoms with van der Waals surface area (Å²) in [5, 5.41) is 0. The Kier molecular flexibility index (Phi) is 5.29. The molecule has 3 heterocycles. The molecule has 152 valence electrons. The largest absolute Gasteiger partial charge is 0.368 e. The molecule has 1 aromatic carbocycles. The minimum Gasteiger partial charge on any atom is -0.368 e. The highest BCUT2D eigenvalue weighted by molar-refractivity contribution is 7.93. The number of carbonyl (C=O) groups is 2. The zero-order valence-electron chi connectivity index (χ0n) is 15.7. The van der Waals surface area contributed by atoms with E-state index in [0.717, 1.165) is 12.8 Å². The second-order valence-electron chi connectivity index (χ2n) is 7.41. The molecule has 3 saturated heterocycles. The van der Waals surface area contributed by atoms with Gasteiger partial charge in [0, 0.05) is 44.9 Å². The van der Waals surface area contributed by atoms with Crippen molar-refractivity contribution in [1.29, 1.82) is 0 Å². The molecule has 0 spiro atoms. The van der Waals surface area contributed by atoms with Gasteiger partial charge in [0.25, 0.3) is 11.8 Å². The molecule has 0 aliphatic carbocycles. The lowest BCUT2D eigenvalue weighted by Crippen LogP contribution is -2.52. The van der Waals surface area contributed by atoms with Gasteiger partial charge in [-0.25, -0.2) is 8.42 Å². The highest BCUT2D eigenvalue weighted by Gasteiger charge is 2.32. The summed E-state index contributed by atoms with van der Waals surface area (Å²) < 4.78 is 30.9. The molecule has 9 heteroatoms. The van der Waals surface area contributed by atoms with Gasteiger partial charge in [0.1, 0.15) is 6.10 Å². The van der Waals surface area contributed by atoms with E-state index >= 15 is 0 Å². The van der Waals surface area contributed by atoms with Gasteiger partial charge in [0.15, 0.2) is 0 Å². The first kappa shape index (κ1) is 19.2. The zero-order valence-corrected chi connectivity index (χ0v) is 16.6. The third-order valence-electron chi connectivity index (χ3n) is 5.59. The smallest absolute Gasteiger partial charge is 0.253 e. The number of anilines is 1. The Morgan fingerprint density at radius 2 is 1.61 bits per heavy atom. The molecule has 0 aromatic heterocycles. The maximum atomic E-state index is 12.8. The van der Waals surface area contributed by atoms with Crippen LogP contribution in [0.5, 0.6) is 0 Å². The number of benzene rings is 1. The van der Waals surface area contributed by atoms with E-state index in [-0.39, 0.29) is 23.7 Å². The number of hydrogen-bond donors (Lipinski definition) is 0. The monoisotopic (exact) mass is 407 g/mol. The first-order valence-corrected chi connectivity index (χ1v) is 11.4. The molecular formula is C19H25N3O5S. The van der Waals surface area contributed by atoms with E-state index in [9.17, 15) is 18.0 Å². The van der Waals surface area contributed by atoms with Gasteiger partial charge >= 0.3 is 0 Å². The van der Waals surface area contributed by atoms with E-state index in [1.807, 2.05) is 0 Å². The van der Waals surface area contributed by atoms with Gasteiger partial charge in [-0.15, -0.1) is 0 Å². The molecule has 3 aliphatic heterocycles. The summed E-state index contributed by atoms with van der Waals surface area (Å²) in [6.07, 6.45) is 2.00. The van der Waals surface area contributed by atoms with Gasteiger partial charge < -0.3 is 14.5 Å². The van der Waals surface area contributed by atoms with Crippen LogP contribution >= 0.6 is 0 Å². The van der Waals surface area contributed by atoms with E-state index in [1.165, 1.54) is 4.31 Å². The number of carbonyl (C=O) groups excluding carboxylic acids is 2. The number of hydrogen-bond acceptors (Lipinski definition) is 5. The summed E-state index contributed by atoms with van der Waals surface area (Å²) >= 11 is 0. The van der Waals surface area contributed by atoms with Crippen LogP contribution < -0.4 is 4.31 Å². The second kappa shape index (κ2) is 7.71. The molecule has 28 heavy (non-hydrogen) atoms. The third kappa shape index (κ3) is 3.73. The number of amides is 2. The number of piperazine rings is 1. The highest BCUT2D eigenvalue weighted by atomic mass is 32.2. The Labute approximate surface area is 165 Å². The first-order valence-electron chi connectivity index (χ1n) is 9.76. The van der Waals surface area contributed by atoms with Crippen LogP contribution in [-0.2, 0) is 19.6 Å². The van der Waals surface area contributed by atoms with Crippen LogP contribution in [0.3, 0.4) is 0 Å². The molecular weight excluding hydrogens is 382 g/mol. The van der Waals surface area contributed by atoms with Crippen LogP contribution in [-0.4, -0.2) is 81.2 Å². The summed E-state index contributed by atoms with van der Waals surface area (Å²) in [6.45, 7) is 3.11. The summed E-state index contributed by atoms with van der Waals surface area (Å²) in [7, 11) is -3.22. The van der Waals surface area contributed by atoms with E-state index in [1.54, 1.807) is 34.1 Å². The fourth-order valence-corrected chi connectivity index (χ4v) is 5.55. The summed E-state index contributed by atoms with van der Waals surface area (Å²) in [5.41, 5.74) is 1.13. The standard InChI is InChI=1S/C19H25N3O5S/c23-18(15-4-6-16(7-5-15)22-8-2-14-28(22,25)26)20-9-11-21(12-10-20)19(24)17-3-1-13-27-17/h4-7,17H,1-3,8-14H2. The quantitative estimate of drug-likeness (QED) is 0.736. The van der Waals surface area contributed by atoms with Gasteiger partial charge in [-0.05, 0) is 43.5 Å². The van der Waals surface area contributed by atoms with Crippen molar-refractivity contribution in [1.82, 2.24) is 9.80 Å². The average molecular weight is 407 g/mol. The lowest BCUT2D eigenvalue weighted by molar-refractivity contribution is -0.142. The fourth-order valence-electron chi connectivity index (χ4n) is 3.99. The van der Waals surface area contributed by atoms with Crippen LogP contribution in [0, 0.1) is 0 Å². The van der Waals surface area contributed by atoms with E-state index in [0.29, 0.717) is 57.0 Å². The molecule has 0 bridgehead atoms. The van der Waals surface area contributed by atoms with Crippen LogP contribution in [0.15, 0.2) is 24.3 Å². The van der Waals surface area contributed by atoms with Gasteiger partial charge in [-0.1, -0.05) is 0 Å². The maximum absolute atomic E-state index is 12.8. The van der Waals surface area contributed by atoms with E-state index in [2.05, 4.69) is 0 Å². The predicted octanol–water partition coefficient (Wildman–Crippen LogP) is 0.690. The number of rotatable bonds is 3. The van der Waals surface area contributed by atoms with Crippen LogP contribution in [0.1, 0.15) is 29.6 Å². The molecule has 1 unspecified atom stereocenters. The van der Waals surface area contributed by atoms with Crippen molar-refractivity contribution in [2.45, 2.75) is 25.4 Å². The Hall–Kier alpha value is -2.13. The van der Waals surface area contributed by atoms with Crippen molar-refractivity contribution < 1.29 is 22.7 Å². The lowest BCUT2D eigenvalue weighted by Gasteiger charge is -2.35. The number of sulfonamides is 1. The maximum Gasteiger partial charge on any atom is 0.253 e. The van der Waals surface area contributed by atoms with Crippen molar-refractivity contribution in [2.75, 3.05) is 49.4 Å². The Morgan fingerprint density at radius 3 is 2.18 bits per heavy atom. The predicted molar refractivity (Wildman–Crippen MR) is 104 cm³/mol. The molecule has 0 radical (unpaired) electrons. The second-order valence-corrected chi connectivity index (χ2v) is 9.42. The van der Waals surface area contributed by atoms with Crippen LogP contribution in [0.25, 0.3) is 0 Å². The molecule has 0 saturated carbocycles. The van der Waals surface area contributed by atoms with E-state index in [4.69, 9.17) is 4.74 Å². The Bertz CT molecular complexity index is 841. The summed E-state index contributed by atoms with van der Waals surface area (Å²) in [5.74, 6) is 0.101. The lowest BCUT2D eigenvalue weighted by atomic mass is 10.1. The van der Waals surface area contributed by atoms with Crippen molar-refractivity contribution in [3.8, 4) is 0 Å². The zero-order chi connectivity index (χ0) is 19.7. The minimum absolute atomic E-state index is 0.0285. The van der Waals surface area contributed by atoms with Crippen molar-refractivity contribution in [2.24, 2.45) is 0 Å². The van der Waals surface area contributed by atoms with Crippen molar-refractivity contribution in [3.05, 3.63) is 29.8 Å². The number of nitrogens with zero attached hydrogens (tertiary/aromatic N) is 3. The topological polar surface area (TPSA) is 87.2 Å².